The normalized spacial score (nSPS) is 20.9. The molecule has 3 amide bonds. The zero-order valence-corrected chi connectivity index (χ0v) is 16.2. The first-order chi connectivity index (χ1) is 13.8. The van der Waals surface area contributed by atoms with Crippen molar-refractivity contribution in [1.82, 2.24) is 20.0 Å². The zero-order valence-electron chi connectivity index (χ0n) is 15.4. The summed E-state index contributed by atoms with van der Waals surface area (Å²) in [5.74, 6) is -1.45. The average molecular weight is 424 g/mol. The third-order valence-electron chi connectivity index (χ3n) is 5.57. The Hall–Kier alpha value is -2.68. The van der Waals surface area contributed by atoms with Gasteiger partial charge >= 0.3 is 6.03 Å². The van der Waals surface area contributed by atoms with E-state index in [0.29, 0.717) is 47.9 Å². The maximum absolute atomic E-state index is 12.9. The van der Waals surface area contributed by atoms with E-state index in [1.165, 1.54) is 4.90 Å². The van der Waals surface area contributed by atoms with Crippen LogP contribution in [0, 0.1) is 5.92 Å². The molecule has 7 nitrogen and oxygen atoms in total. The Morgan fingerprint density at radius 1 is 1.28 bits per heavy atom. The number of primary amides is 1. The Morgan fingerprint density at radius 3 is 2.69 bits per heavy atom. The minimum atomic E-state index is -2.45. The van der Waals surface area contributed by atoms with Crippen molar-refractivity contribution in [2.45, 2.75) is 38.4 Å². The van der Waals surface area contributed by atoms with Gasteiger partial charge in [-0.2, -0.15) is 5.10 Å². The molecule has 0 saturated heterocycles. The lowest BCUT2D eigenvalue weighted by molar-refractivity contribution is 0.00917. The van der Waals surface area contributed by atoms with E-state index in [-0.39, 0.29) is 12.1 Å². The Kier molecular flexibility index (Phi) is 5.16. The molecule has 2 heterocycles. The Labute approximate surface area is 170 Å². The number of amides is 3. The fourth-order valence-corrected chi connectivity index (χ4v) is 4.03. The largest absolute Gasteiger partial charge is 0.365 e. The molecule has 0 radical (unpaired) electrons. The van der Waals surface area contributed by atoms with Crippen LogP contribution in [0.15, 0.2) is 24.3 Å². The van der Waals surface area contributed by atoms with Crippen molar-refractivity contribution in [2.75, 3.05) is 6.54 Å². The summed E-state index contributed by atoms with van der Waals surface area (Å²) < 4.78 is 27.5. The van der Waals surface area contributed by atoms with Gasteiger partial charge in [-0.25, -0.2) is 13.6 Å². The Bertz CT molecular complexity index is 964. The van der Waals surface area contributed by atoms with Gasteiger partial charge < -0.3 is 16.0 Å². The van der Waals surface area contributed by atoms with Gasteiger partial charge in [-0.15, -0.1) is 0 Å². The predicted molar refractivity (Wildman–Crippen MR) is 103 cm³/mol. The second kappa shape index (κ2) is 7.62. The van der Waals surface area contributed by atoms with E-state index >= 15 is 0 Å². The number of alkyl halides is 2. The molecule has 2 atom stereocenters. The summed E-state index contributed by atoms with van der Waals surface area (Å²) >= 11 is 6.05. The lowest BCUT2D eigenvalue weighted by Gasteiger charge is -2.38. The van der Waals surface area contributed by atoms with Gasteiger partial charge in [-0.05, 0) is 25.0 Å². The molecule has 0 spiro atoms. The third-order valence-corrected chi connectivity index (χ3v) is 5.81. The van der Waals surface area contributed by atoms with Crippen LogP contribution in [0.1, 0.15) is 28.9 Å². The number of hydrogen-bond donors (Lipinski definition) is 2. The number of carbonyl (C=O) groups excluding carboxylic acids is 2. The number of urea groups is 1. The fourth-order valence-electron chi connectivity index (χ4n) is 3.84. The maximum Gasteiger partial charge on any atom is 0.318 e. The zero-order chi connectivity index (χ0) is 20.7. The van der Waals surface area contributed by atoms with E-state index in [2.05, 4.69) is 10.4 Å². The number of nitrogens with one attached hydrogen (secondary N) is 1. The number of nitrogens with zero attached hydrogens (tertiary/aromatic N) is 3. The fraction of sp³-hybridized carbons (Fsp3) is 0.421. The number of benzene rings is 1. The number of aromatic nitrogens is 2. The molecular formula is C19H20ClF2N5O2. The van der Waals surface area contributed by atoms with Crippen molar-refractivity contribution in [3.63, 3.8) is 0 Å². The van der Waals surface area contributed by atoms with Crippen molar-refractivity contribution < 1.29 is 18.4 Å². The van der Waals surface area contributed by atoms with Crippen LogP contribution in [0.2, 0.25) is 5.02 Å². The van der Waals surface area contributed by atoms with Gasteiger partial charge in [0, 0.05) is 29.1 Å². The first kappa shape index (κ1) is 19.6. The minimum Gasteiger partial charge on any atom is -0.365 e. The monoisotopic (exact) mass is 423 g/mol. The third kappa shape index (κ3) is 3.66. The number of nitrogens with two attached hydrogens (primary N) is 1. The van der Waals surface area contributed by atoms with E-state index < -0.39 is 30.3 Å². The Morgan fingerprint density at radius 2 is 2.07 bits per heavy atom. The van der Waals surface area contributed by atoms with Crippen molar-refractivity contribution in [1.29, 1.82) is 0 Å². The average Bonchev–Trinajstić information content (AvgIpc) is 3.03. The van der Waals surface area contributed by atoms with E-state index in [1.54, 1.807) is 28.9 Å². The van der Waals surface area contributed by atoms with Crippen molar-refractivity contribution in [3.05, 3.63) is 40.5 Å². The highest BCUT2D eigenvalue weighted by atomic mass is 35.5. The van der Waals surface area contributed by atoms with Crippen LogP contribution in [-0.4, -0.2) is 45.6 Å². The van der Waals surface area contributed by atoms with Gasteiger partial charge in [-0.3, -0.25) is 9.48 Å². The number of fused-ring (bicyclic) bond motifs is 1. The van der Waals surface area contributed by atoms with Gasteiger partial charge in [0.25, 0.3) is 5.91 Å². The highest BCUT2D eigenvalue weighted by Crippen LogP contribution is 2.33. The molecular weight excluding hydrogens is 404 g/mol. The Balaban J connectivity index is 1.57. The van der Waals surface area contributed by atoms with E-state index in [9.17, 15) is 18.4 Å². The van der Waals surface area contributed by atoms with Gasteiger partial charge in [0.1, 0.15) is 5.69 Å². The number of carbonyl (C=O) groups is 2. The molecule has 1 aromatic carbocycles. The molecule has 4 rings (SSSR count). The van der Waals surface area contributed by atoms with Crippen LogP contribution >= 0.6 is 11.6 Å². The molecule has 154 valence electrons. The molecule has 1 aromatic heterocycles. The molecule has 10 heteroatoms. The SMILES string of the molecule is NC(=O)c1c(-c2cccc(Cl)c2)nn2c1CN(C(=O)N[C@@H]1CCC1C(F)F)CC2. The quantitative estimate of drug-likeness (QED) is 0.791. The molecule has 1 unspecified atom stereocenters. The molecule has 0 bridgehead atoms. The molecule has 29 heavy (non-hydrogen) atoms. The van der Waals surface area contributed by atoms with Crippen LogP contribution < -0.4 is 11.1 Å². The molecule has 1 fully saturated rings. The van der Waals surface area contributed by atoms with Crippen LogP contribution in [-0.2, 0) is 13.1 Å². The van der Waals surface area contributed by atoms with E-state index in [0.717, 1.165) is 0 Å². The van der Waals surface area contributed by atoms with Crippen molar-refractivity contribution in [2.24, 2.45) is 11.7 Å². The van der Waals surface area contributed by atoms with Crippen LogP contribution in [0.5, 0.6) is 0 Å². The summed E-state index contributed by atoms with van der Waals surface area (Å²) in [6.07, 6.45) is -1.50. The molecule has 1 saturated carbocycles. The number of halogens is 3. The number of hydrogen-bond acceptors (Lipinski definition) is 3. The van der Waals surface area contributed by atoms with Gasteiger partial charge in [-0.1, -0.05) is 23.7 Å². The summed E-state index contributed by atoms with van der Waals surface area (Å²) in [6, 6.07) is 5.98. The standard InChI is InChI=1S/C19H20ClF2N5O2/c20-11-3-1-2-10(8-11)16-15(18(23)28)14-9-26(6-7-27(14)25-16)19(29)24-13-5-4-12(13)17(21)22/h1-3,8,12-13,17H,4-7,9H2,(H2,23,28)(H,24,29)/t12?,13-/m1/s1. The first-order valence-corrected chi connectivity index (χ1v) is 9.72. The summed E-state index contributed by atoms with van der Waals surface area (Å²) in [5.41, 5.74) is 7.43. The smallest absolute Gasteiger partial charge is 0.318 e. The van der Waals surface area contributed by atoms with Gasteiger partial charge in [0.15, 0.2) is 0 Å². The van der Waals surface area contributed by atoms with E-state index in [1.807, 2.05) is 0 Å². The number of rotatable bonds is 4. The molecule has 1 aliphatic carbocycles. The summed E-state index contributed by atoms with van der Waals surface area (Å²) in [5, 5.41) is 7.69. The van der Waals surface area contributed by atoms with Crippen molar-refractivity contribution in [3.8, 4) is 11.3 Å². The lowest BCUT2D eigenvalue weighted by atomic mass is 9.80. The van der Waals surface area contributed by atoms with Crippen LogP contribution in [0.3, 0.4) is 0 Å². The summed E-state index contributed by atoms with van der Waals surface area (Å²) in [4.78, 5) is 26.3. The summed E-state index contributed by atoms with van der Waals surface area (Å²) in [6.45, 7) is 0.829. The maximum atomic E-state index is 12.9. The van der Waals surface area contributed by atoms with Crippen LogP contribution in [0.4, 0.5) is 13.6 Å². The minimum absolute atomic E-state index is 0.115. The molecule has 1 aliphatic heterocycles. The second-order valence-corrected chi connectivity index (χ2v) is 7.76. The summed E-state index contributed by atoms with van der Waals surface area (Å²) in [7, 11) is 0. The molecule has 3 N–H and O–H groups in total. The topological polar surface area (TPSA) is 93.2 Å². The first-order valence-electron chi connectivity index (χ1n) is 9.34. The van der Waals surface area contributed by atoms with Gasteiger partial charge in [0.05, 0.1) is 24.3 Å². The second-order valence-electron chi connectivity index (χ2n) is 7.32. The van der Waals surface area contributed by atoms with Gasteiger partial charge in [0.2, 0.25) is 6.43 Å². The molecule has 2 aromatic rings. The highest BCUT2D eigenvalue weighted by Gasteiger charge is 2.39. The van der Waals surface area contributed by atoms with E-state index in [4.69, 9.17) is 17.3 Å². The lowest BCUT2D eigenvalue weighted by Crippen LogP contribution is -2.54. The van der Waals surface area contributed by atoms with Crippen LogP contribution in [0.25, 0.3) is 11.3 Å². The molecule has 2 aliphatic rings. The predicted octanol–water partition coefficient (Wildman–Crippen LogP) is 2.87. The van der Waals surface area contributed by atoms with Crippen molar-refractivity contribution >= 4 is 23.5 Å². The highest BCUT2D eigenvalue weighted by molar-refractivity contribution is 6.30.